The number of amides is 1. The highest BCUT2D eigenvalue weighted by Gasteiger charge is 2.40. The second kappa shape index (κ2) is 6.21. The molecule has 1 N–H and O–H groups in total. The molecule has 1 heterocycles. The zero-order valence-corrected chi connectivity index (χ0v) is 13.2. The van der Waals surface area contributed by atoms with Gasteiger partial charge < -0.3 is 10.0 Å². The van der Waals surface area contributed by atoms with Gasteiger partial charge in [0.25, 0.3) is 5.91 Å². The summed E-state index contributed by atoms with van der Waals surface area (Å²) >= 11 is 1.41. The fourth-order valence-electron chi connectivity index (χ4n) is 3.87. The zero-order valence-electron chi connectivity index (χ0n) is 12.3. The Morgan fingerprint density at radius 3 is 2.95 bits per heavy atom. The fraction of sp³-hybridized carbons (Fsp3) is 0.588. The molecule has 1 amide bonds. The van der Waals surface area contributed by atoms with Crippen LogP contribution in [0.4, 0.5) is 0 Å². The van der Waals surface area contributed by atoms with Crippen molar-refractivity contribution in [3.05, 3.63) is 21.9 Å². The lowest BCUT2D eigenvalue weighted by Gasteiger charge is -2.27. The van der Waals surface area contributed by atoms with E-state index in [0.717, 1.165) is 28.1 Å². The number of thiophene rings is 1. The molecular weight excluding hydrogens is 282 g/mol. The molecule has 2 bridgehead atoms. The van der Waals surface area contributed by atoms with Crippen molar-refractivity contribution in [1.29, 1.82) is 0 Å². The van der Waals surface area contributed by atoms with Gasteiger partial charge in [-0.25, -0.2) is 0 Å². The summed E-state index contributed by atoms with van der Waals surface area (Å²) in [5.41, 5.74) is 0. The van der Waals surface area contributed by atoms with E-state index in [1.807, 2.05) is 24.1 Å². The summed E-state index contributed by atoms with van der Waals surface area (Å²) in [4.78, 5) is 15.9. The van der Waals surface area contributed by atoms with E-state index < -0.39 is 0 Å². The molecule has 112 valence electrons. The van der Waals surface area contributed by atoms with Gasteiger partial charge in [-0.3, -0.25) is 4.79 Å². The number of aliphatic hydroxyl groups excluding tert-OH is 1. The lowest BCUT2D eigenvalue weighted by atomic mass is 9.88. The SMILES string of the molecule is CN(CC1CC2CCC1C2)C(=O)c1ccc(C#CCO)s1. The Bertz CT molecular complexity index is 583. The summed E-state index contributed by atoms with van der Waals surface area (Å²) in [6, 6.07) is 3.69. The van der Waals surface area contributed by atoms with Crippen molar-refractivity contribution in [2.75, 3.05) is 20.2 Å². The lowest BCUT2D eigenvalue weighted by molar-refractivity contribution is 0.0759. The molecule has 3 nitrogen and oxygen atoms in total. The molecule has 0 radical (unpaired) electrons. The predicted octanol–water partition coefficient (Wildman–Crippen LogP) is 2.60. The van der Waals surface area contributed by atoms with Crippen molar-refractivity contribution in [3.8, 4) is 11.8 Å². The van der Waals surface area contributed by atoms with Gasteiger partial charge in [-0.15, -0.1) is 11.3 Å². The molecule has 2 aliphatic rings. The maximum atomic E-state index is 12.5. The first-order chi connectivity index (χ1) is 10.2. The predicted molar refractivity (Wildman–Crippen MR) is 84.2 cm³/mol. The number of carbonyl (C=O) groups excluding carboxylic acids is 1. The Labute approximate surface area is 130 Å². The molecule has 2 fully saturated rings. The van der Waals surface area contributed by atoms with Crippen LogP contribution in [0.3, 0.4) is 0 Å². The molecular formula is C17H21NO2S. The zero-order chi connectivity index (χ0) is 14.8. The Morgan fingerprint density at radius 1 is 1.43 bits per heavy atom. The summed E-state index contributed by atoms with van der Waals surface area (Å²) in [6.07, 6.45) is 5.44. The fourth-order valence-corrected chi connectivity index (χ4v) is 4.74. The van der Waals surface area contributed by atoms with Gasteiger partial charge in [0.05, 0.1) is 9.75 Å². The van der Waals surface area contributed by atoms with Crippen molar-refractivity contribution in [2.45, 2.75) is 25.7 Å². The van der Waals surface area contributed by atoms with Gasteiger partial charge in [0.2, 0.25) is 0 Å². The molecule has 1 aromatic rings. The van der Waals surface area contributed by atoms with E-state index in [2.05, 4.69) is 11.8 Å². The van der Waals surface area contributed by atoms with E-state index in [9.17, 15) is 4.79 Å². The molecule has 0 spiro atoms. The minimum atomic E-state index is -0.148. The number of carbonyl (C=O) groups is 1. The van der Waals surface area contributed by atoms with E-state index in [1.54, 1.807) is 0 Å². The number of rotatable bonds is 3. The van der Waals surface area contributed by atoms with Crippen LogP contribution in [-0.2, 0) is 0 Å². The molecule has 0 aliphatic heterocycles. The molecule has 3 rings (SSSR count). The third kappa shape index (κ3) is 3.14. The molecule has 3 atom stereocenters. The van der Waals surface area contributed by atoms with Crippen LogP contribution in [0, 0.1) is 29.6 Å². The van der Waals surface area contributed by atoms with Crippen molar-refractivity contribution >= 4 is 17.2 Å². The largest absolute Gasteiger partial charge is 0.384 e. The number of hydrogen-bond acceptors (Lipinski definition) is 3. The quantitative estimate of drug-likeness (QED) is 0.872. The number of fused-ring (bicyclic) bond motifs is 2. The third-order valence-corrected chi connectivity index (χ3v) is 5.84. The van der Waals surface area contributed by atoms with Crippen molar-refractivity contribution in [3.63, 3.8) is 0 Å². The van der Waals surface area contributed by atoms with E-state index >= 15 is 0 Å². The highest BCUT2D eigenvalue weighted by Crippen LogP contribution is 2.48. The van der Waals surface area contributed by atoms with Crippen molar-refractivity contribution in [2.24, 2.45) is 17.8 Å². The highest BCUT2D eigenvalue weighted by molar-refractivity contribution is 7.14. The van der Waals surface area contributed by atoms with E-state index in [-0.39, 0.29) is 12.5 Å². The minimum absolute atomic E-state index is 0.0971. The van der Waals surface area contributed by atoms with Gasteiger partial charge >= 0.3 is 0 Å². The van der Waals surface area contributed by atoms with Gasteiger partial charge in [-0.1, -0.05) is 18.3 Å². The summed E-state index contributed by atoms with van der Waals surface area (Å²) in [6.45, 7) is 0.737. The number of aliphatic hydroxyl groups is 1. The van der Waals surface area contributed by atoms with Crippen LogP contribution in [0.5, 0.6) is 0 Å². The summed E-state index contributed by atoms with van der Waals surface area (Å²) in [7, 11) is 1.91. The molecule has 2 saturated carbocycles. The Morgan fingerprint density at radius 2 is 2.29 bits per heavy atom. The second-order valence-electron chi connectivity index (χ2n) is 6.24. The number of nitrogens with zero attached hydrogens (tertiary/aromatic N) is 1. The Balaban J connectivity index is 1.60. The van der Waals surface area contributed by atoms with E-state index in [4.69, 9.17) is 5.11 Å². The van der Waals surface area contributed by atoms with Gasteiger partial charge in [0.15, 0.2) is 0 Å². The first kappa shape index (κ1) is 14.6. The van der Waals surface area contributed by atoms with E-state index in [1.165, 1.54) is 37.0 Å². The summed E-state index contributed by atoms with van der Waals surface area (Å²) < 4.78 is 0. The van der Waals surface area contributed by atoms with Crippen LogP contribution >= 0.6 is 11.3 Å². The van der Waals surface area contributed by atoms with Crippen molar-refractivity contribution < 1.29 is 9.90 Å². The normalized spacial score (nSPS) is 26.5. The molecule has 1 aromatic heterocycles. The first-order valence-electron chi connectivity index (χ1n) is 7.62. The molecule has 21 heavy (non-hydrogen) atoms. The Hall–Kier alpha value is -1.31. The van der Waals surface area contributed by atoms with Crippen LogP contribution in [-0.4, -0.2) is 36.1 Å². The standard InChI is InChI=1S/C17H21NO2S/c1-18(11-14-10-12-4-5-13(14)9-12)17(20)16-7-6-15(21-16)3-2-8-19/h6-7,12-14,19H,4-5,8-11H2,1H3. The second-order valence-corrected chi connectivity index (χ2v) is 7.33. The van der Waals surface area contributed by atoms with Gasteiger partial charge in [-0.05, 0) is 49.1 Å². The van der Waals surface area contributed by atoms with Crippen LogP contribution in [0.15, 0.2) is 12.1 Å². The van der Waals surface area contributed by atoms with Crippen LogP contribution in [0.25, 0.3) is 0 Å². The maximum absolute atomic E-state index is 12.5. The minimum Gasteiger partial charge on any atom is -0.384 e. The lowest BCUT2D eigenvalue weighted by Crippen LogP contribution is -2.33. The maximum Gasteiger partial charge on any atom is 0.263 e. The first-order valence-corrected chi connectivity index (χ1v) is 8.44. The topological polar surface area (TPSA) is 40.5 Å². The highest BCUT2D eigenvalue weighted by atomic mass is 32.1. The average molecular weight is 303 g/mol. The monoisotopic (exact) mass is 303 g/mol. The summed E-state index contributed by atoms with van der Waals surface area (Å²) in [5, 5.41) is 8.70. The van der Waals surface area contributed by atoms with Crippen LogP contribution in [0.2, 0.25) is 0 Å². The average Bonchev–Trinajstić information content (AvgIpc) is 3.20. The van der Waals surface area contributed by atoms with Gasteiger partial charge in [-0.2, -0.15) is 0 Å². The third-order valence-electron chi connectivity index (χ3n) is 4.85. The molecule has 3 unspecified atom stereocenters. The van der Waals surface area contributed by atoms with Crippen LogP contribution < -0.4 is 0 Å². The Kier molecular flexibility index (Phi) is 4.32. The molecule has 0 saturated heterocycles. The molecule has 2 aliphatic carbocycles. The van der Waals surface area contributed by atoms with Crippen LogP contribution in [0.1, 0.15) is 40.2 Å². The smallest absolute Gasteiger partial charge is 0.263 e. The van der Waals surface area contributed by atoms with Crippen molar-refractivity contribution in [1.82, 2.24) is 4.90 Å². The van der Waals surface area contributed by atoms with E-state index in [0.29, 0.717) is 5.92 Å². The van der Waals surface area contributed by atoms with Gasteiger partial charge in [0.1, 0.15) is 6.61 Å². The number of hydrogen-bond donors (Lipinski definition) is 1. The van der Waals surface area contributed by atoms with Gasteiger partial charge in [0, 0.05) is 13.6 Å². The molecule has 4 heteroatoms. The molecule has 0 aromatic carbocycles. The summed E-state index contributed by atoms with van der Waals surface area (Å²) in [5.74, 6) is 8.03.